The first-order valence-electron chi connectivity index (χ1n) is 1.24. The second-order valence-electron chi connectivity index (χ2n) is 0.803. The number of halogens is 3. The SMILES string of the molecule is O=C(O)C(Cl)(Cl)Cl.[H-].[K+]. The third kappa shape index (κ3) is 6.10. The van der Waals surface area contributed by atoms with E-state index in [2.05, 4.69) is 0 Å². The molecule has 2 nitrogen and oxygen atoms in total. The molecular formula is C2H2Cl3KO2. The maximum absolute atomic E-state index is 9.62. The molecule has 0 bridgehead atoms. The first-order chi connectivity index (χ1) is 2.94. The van der Waals surface area contributed by atoms with E-state index in [1.807, 2.05) is 0 Å². The van der Waals surface area contributed by atoms with E-state index in [0.29, 0.717) is 0 Å². The molecule has 0 fully saturated rings. The summed E-state index contributed by atoms with van der Waals surface area (Å²) in [7, 11) is 0. The Kier molecular flexibility index (Phi) is 7.49. The molecule has 0 amide bonds. The Balaban J connectivity index is -0.000000180. The van der Waals surface area contributed by atoms with Crippen LogP contribution >= 0.6 is 34.8 Å². The third-order valence-corrected chi connectivity index (χ3v) is 0.728. The summed E-state index contributed by atoms with van der Waals surface area (Å²) in [5, 5.41) is 7.85. The van der Waals surface area contributed by atoms with Crippen molar-refractivity contribution in [1.82, 2.24) is 0 Å². The van der Waals surface area contributed by atoms with Gasteiger partial charge in [-0.05, 0) is 0 Å². The molecule has 0 heterocycles. The van der Waals surface area contributed by atoms with Crippen molar-refractivity contribution in [2.45, 2.75) is 3.79 Å². The van der Waals surface area contributed by atoms with Gasteiger partial charge in [-0.2, -0.15) is 0 Å². The van der Waals surface area contributed by atoms with Crippen molar-refractivity contribution in [1.29, 1.82) is 0 Å². The van der Waals surface area contributed by atoms with E-state index in [1.165, 1.54) is 0 Å². The predicted molar refractivity (Wildman–Crippen MR) is 29.0 cm³/mol. The van der Waals surface area contributed by atoms with Crippen LogP contribution in [0.25, 0.3) is 0 Å². The van der Waals surface area contributed by atoms with Crippen molar-refractivity contribution in [2.24, 2.45) is 0 Å². The number of hydrogen-bond acceptors (Lipinski definition) is 1. The van der Waals surface area contributed by atoms with Crippen LogP contribution in [-0.4, -0.2) is 14.9 Å². The van der Waals surface area contributed by atoms with Gasteiger partial charge in [-0.1, -0.05) is 34.8 Å². The van der Waals surface area contributed by atoms with E-state index in [-0.39, 0.29) is 52.8 Å². The molecule has 1 N–H and O–H groups in total. The van der Waals surface area contributed by atoms with Crippen molar-refractivity contribution >= 4 is 40.8 Å². The average Bonchev–Trinajstić information content (AvgIpc) is 1.31. The van der Waals surface area contributed by atoms with E-state index >= 15 is 0 Å². The molecule has 0 spiro atoms. The second-order valence-corrected chi connectivity index (χ2v) is 3.08. The van der Waals surface area contributed by atoms with Crippen molar-refractivity contribution in [3.8, 4) is 0 Å². The Hall–Kier alpha value is 1.98. The van der Waals surface area contributed by atoms with Gasteiger partial charge in [0.25, 0.3) is 3.79 Å². The minimum atomic E-state index is -2.17. The number of hydrogen-bond donors (Lipinski definition) is 1. The topological polar surface area (TPSA) is 37.3 Å². The van der Waals surface area contributed by atoms with Gasteiger partial charge < -0.3 is 6.53 Å². The summed E-state index contributed by atoms with van der Waals surface area (Å²) >= 11 is 14.4. The zero-order valence-electron chi connectivity index (χ0n) is 4.99. The van der Waals surface area contributed by atoms with Gasteiger partial charge in [0.2, 0.25) is 0 Å². The van der Waals surface area contributed by atoms with E-state index < -0.39 is 9.76 Å². The first kappa shape index (κ1) is 12.6. The van der Waals surface area contributed by atoms with Crippen molar-refractivity contribution < 1.29 is 62.7 Å². The normalized spacial score (nSPS) is 9.88. The van der Waals surface area contributed by atoms with Crippen molar-refractivity contribution in [3.63, 3.8) is 0 Å². The number of rotatable bonds is 0. The summed E-state index contributed by atoms with van der Waals surface area (Å²) in [6.45, 7) is 0. The number of aliphatic carboxylic acids is 1. The summed E-state index contributed by atoms with van der Waals surface area (Å²) < 4.78 is -2.17. The molecule has 0 unspecified atom stereocenters. The molecule has 0 aliphatic rings. The maximum Gasteiger partial charge on any atom is 1.00 e. The summed E-state index contributed by atoms with van der Waals surface area (Å²) in [6.07, 6.45) is 0. The van der Waals surface area contributed by atoms with Gasteiger partial charge in [0.15, 0.2) is 0 Å². The average molecular weight is 203 g/mol. The molecule has 0 aromatic rings. The summed E-state index contributed by atoms with van der Waals surface area (Å²) in [5.41, 5.74) is 0. The Bertz CT molecular complexity index is 92.3. The Labute approximate surface area is 105 Å². The molecule has 6 heteroatoms. The number of carboxylic acid groups (broad SMARTS) is 1. The molecular weight excluding hydrogens is 201 g/mol. The van der Waals surface area contributed by atoms with Gasteiger partial charge in [0.1, 0.15) is 0 Å². The van der Waals surface area contributed by atoms with Crippen LogP contribution in [0.4, 0.5) is 0 Å². The van der Waals surface area contributed by atoms with E-state index in [1.54, 1.807) is 0 Å². The van der Waals surface area contributed by atoms with Gasteiger partial charge in [-0.3, -0.25) is 0 Å². The predicted octanol–water partition coefficient (Wildman–Crippen LogP) is -1.44. The van der Waals surface area contributed by atoms with Crippen LogP contribution in [-0.2, 0) is 4.79 Å². The van der Waals surface area contributed by atoms with Crippen LogP contribution in [0.3, 0.4) is 0 Å². The molecule has 0 atom stereocenters. The fraction of sp³-hybridized carbons (Fsp3) is 0.500. The maximum atomic E-state index is 9.62. The fourth-order valence-corrected chi connectivity index (χ4v) is 0. The largest absolute Gasteiger partial charge is 1.00 e. The fourth-order valence-electron chi connectivity index (χ4n) is 0. The third-order valence-electron chi connectivity index (χ3n) is 0.243. The second kappa shape index (κ2) is 4.74. The molecule has 0 aliphatic carbocycles. The first-order valence-corrected chi connectivity index (χ1v) is 2.38. The van der Waals surface area contributed by atoms with Crippen LogP contribution < -0.4 is 51.4 Å². The Morgan fingerprint density at radius 1 is 1.50 bits per heavy atom. The summed E-state index contributed by atoms with van der Waals surface area (Å²) in [6, 6.07) is 0. The van der Waals surface area contributed by atoms with Crippen LogP contribution in [0.5, 0.6) is 0 Å². The Morgan fingerprint density at radius 3 is 1.62 bits per heavy atom. The molecule has 0 rings (SSSR count). The zero-order chi connectivity index (χ0) is 6.08. The molecule has 0 aliphatic heterocycles. The molecule has 0 aromatic heterocycles. The van der Waals surface area contributed by atoms with Crippen molar-refractivity contribution in [2.75, 3.05) is 0 Å². The van der Waals surface area contributed by atoms with Crippen LogP contribution in [0, 0.1) is 0 Å². The number of carboxylic acids is 1. The summed E-state index contributed by atoms with van der Waals surface area (Å²) in [4.78, 5) is 9.62. The van der Waals surface area contributed by atoms with Crippen molar-refractivity contribution in [3.05, 3.63) is 0 Å². The smallest absolute Gasteiger partial charge is 1.00 e. The van der Waals surface area contributed by atoms with E-state index in [0.717, 1.165) is 0 Å². The molecule has 0 saturated carbocycles. The van der Waals surface area contributed by atoms with E-state index in [9.17, 15) is 4.79 Å². The van der Waals surface area contributed by atoms with E-state index in [4.69, 9.17) is 39.9 Å². The summed E-state index contributed by atoms with van der Waals surface area (Å²) in [5.74, 6) is -1.46. The van der Waals surface area contributed by atoms with Gasteiger partial charge in [0, 0.05) is 0 Å². The van der Waals surface area contributed by atoms with Crippen LogP contribution in [0.2, 0.25) is 0 Å². The Morgan fingerprint density at radius 2 is 1.62 bits per heavy atom. The molecule has 0 saturated heterocycles. The molecule has 44 valence electrons. The van der Waals surface area contributed by atoms with Gasteiger partial charge >= 0.3 is 57.4 Å². The van der Waals surface area contributed by atoms with Gasteiger partial charge in [-0.15, -0.1) is 0 Å². The quantitative estimate of drug-likeness (QED) is 0.387. The van der Waals surface area contributed by atoms with Gasteiger partial charge in [-0.25, -0.2) is 4.79 Å². The van der Waals surface area contributed by atoms with Crippen LogP contribution in [0.15, 0.2) is 0 Å². The van der Waals surface area contributed by atoms with Gasteiger partial charge in [0.05, 0.1) is 0 Å². The standard InChI is InChI=1S/C2HCl3O2.K.H/c3-2(4,5)1(6)7;;/h(H,6,7);;/q;+1;-1. The molecule has 0 aromatic carbocycles. The zero-order valence-corrected chi connectivity index (χ0v) is 9.38. The number of alkyl halides is 3. The molecule has 0 radical (unpaired) electrons. The van der Waals surface area contributed by atoms with Crippen LogP contribution in [0.1, 0.15) is 1.43 Å². The monoisotopic (exact) mass is 202 g/mol. The minimum absolute atomic E-state index is 0. The minimum Gasteiger partial charge on any atom is -1.00 e. The number of carbonyl (C=O) groups is 1. The molecule has 8 heavy (non-hydrogen) atoms.